The van der Waals surface area contributed by atoms with Crippen LogP contribution in [0.5, 0.6) is 0 Å². The monoisotopic (exact) mass is 716 g/mol. The lowest BCUT2D eigenvalue weighted by molar-refractivity contribution is 0.719. The van der Waals surface area contributed by atoms with Gasteiger partial charge >= 0.3 is 0 Å². The molecular weight excluding hydrogens is 681 g/mol. The van der Waals surface area contributed by atoms with Crippen molar-refractivity contribution in [2.45, 2.75) is 11.8 Å². The first-order valence-electron chi connectivity index (χ1n) is 19.2. The quantitative estimate of drug-likeness (QED) is 0.186. The molecule has 11 rings (SSSR count). The second-order valence-corrected chi connectivity index (χ2v) is 14.6. The number of nitrogens with zero attached hydrogens (tertiary/aromatic N) is 3. The summed E-state index contributed by atoms with van der Waals surface area (Å²) in [4.78, 5) is 10.4. The lowest BCUT2D eigenvalue weighted by Crippen LogP contribution is -2.13. The van der Waals surface area contributed by atoms with Crippen LogP contribution in [0.25, 0.3) is 72.5 Å². The first kappa shape index (κ1) is 32.2. The maximum atomic E-state index is 5.27. The normalized spacial score (nSPS) is 15.7. The van der Waals surface area contributed by atoms with Crippen molar-refractivity contribution in [2.24, 2.45) is 0 Å². The van der Waals surface area contributed by atoms with Crippen LogP contribution in [0, 0.1) is 0 Å². The lowest BCUT2D eigenvalue weighted by atomic mass is 9.76. The van der Waals surface area contributed by atoms with Crippen LogP contribution < -0.4 is 5.32 Å². The number of fused-ring (bicyclic) bond motifs is 6. The highest BCUT2D eigenvalue weighted by Crippen LogP contribution is 2.53. The zero-order valence-electron chi connectivity index (χ0n) is 30.5. The van der Waals surface area contributed by atoms with Gasteiger partial charge in [0.15, 0.2) is 5.82 Å². The van der Waals surface area contributed by atoms with E-state index in [1.54, 1.807) is 0 Å². The molecule has 1 aliphatic carbocycles. The Balaban J connectivity index is 1.08. The highest BCUT2D eigenvalue weighted by atomic mass is 15.0. The molecule has 2 aliphatic rings. The molecule has 2 aromatic heterocycles. The standard InChI is InChI=1S/C52H36N4/c1-5-15-34(16-6-1)37-27-29-48-42(31-37)43-32-38(28-30-49(43)56(48)39-21-11-4-12-22-39)40-23-13-25-44-50(40)51-41(24-14-26-45(51)53-44)47-33-46(35-17-7-2-8-18-35)54-52(55-47)36-19-9-3-10-20-36/h1-33,40,50,53H. The summed E-state index contributed by atoms with van der Waals surface area (Å²) in [5, 5.41) is 6.31. The molecule has 2 atom stereocenters. The van der Waals surface area contributed by atoms with Crippen LogP contribution in [0.15, 0.2) is 206 Å². The Kier molecular flexibility index (Phi) is 7.59. The highest BCUT2D eigenvalue weighted by Gasteiger charge is 2.37. The molecule has 3 heterocycles. The molecule has 7 aromatic carbocycles. The molecule has 264 valence electrons. The van der Waals surface area contributed by atoms with Crippen molar-refractivity contribution in [1.82, 2.24) is 14.5 Å². The minimum Gasteiger partial charge on any atom is -0.358 e. The molecule has 0 amide bonds. The molecule has 0 radical (unpaired) electrons. The number of para-hydroxylation sites is 1. The van der Waals surface area contributed by atoms with Crippen LogP contribution in [0.3, 0.4) is 0 Å². The van der Waals surface area contributed by atoms with E-state index in [2.05, 4.69) is 186 Å². The summed E-state index contributed by atoms with van der Waals surface area (Å²) < 4.78 is 2.40. The first-order valence-corrected chi connectivity index (χ1v) is 19.2. The number of benzene rings is 7. The maximum absolute atomic E-state index is 5.27. The molecule has 1 N–H and O–H groups in total. The van der Waals surface area contributed by atoms with Crippen LogP contribution in [0.4, 0.5) is 5.69 Å². The molecule has 0 saturated carbocycles. The van der Waals surface area contributed by atoms with Crippen molar-refractivity contribution in [3.63, 3.8) is 0 Å². The van der Waals surface area contributed by atoms with Gasteiger partial charge in [-0.1, -0.05) is 146 Å². The molecule has 0 saturated heterocycles. The molecule has 56 heavy (non-hydrogen) atoms. The summed E-state index contributed by atoms with van der Waals surface area (Å²) in [6.45, 7) is 0. The van der Waals surface area contributed by atoms with E-state index in [1.807, 2.05) is 24.3 Å². The Labute approximate surface area is 325 Å². The van der Waals surface area contributed by atoms with Crippen molar-refractivity contribution >= 4 is 27.5 Å². The smallest absolute Gasteiger partial charge is 0.160 e. The predicted molar refractivity (Wildman–Crippen MR) is 231 cm³/mol. The van der Waals surface area contributed by atoms with Crippen LogP contribution in [-0.4, -0.2) is 14.5 Å². The Morgan fingerprint density at radius 3 is 1.89 bits per heavy atom. The van der Waals surface area contributed by atoms with Crippen molar-refractivity contribution < 1.29 is 0 Å². The van der Waals surface area contributed by atoms with E-state index in [-0.39, 0.29) is 11.8 Å². The Morgan fingerprint density at radius 1 is 0.500 bits per heavy atom. The van der Waals surface area contributed by atoms with Crippen molar-refractivity contribution in [2.75, 3.05) is 5.32 Å². The molecule has 0 bridgehead atoms. The van der Waals surface area contributed by atoms with Gasteiger partial charge in [-0.2, -0.15) is 0 Å². The second kappa shape index (κ2) is 13.2. The molecule has 0 spiro atoms. The van der Waals surface area contributed by atoms with Gasteiger partial charge in [0, 0.05) is 56.4 Å². The fraction of sp³-hybridized carbons (Fsp3) is 0.0385. The number of anilines is 1. The summed E-state index contributed by atoms with van der Waals surface area (Å²) in [6, 6.07) is 64.8. The zero-order valence-corrected chi connectivity index (χ0v) is 30.5. The van der Waals surface area contributed by atoms with E-state index < -0.39 is 0 Å². The summed E-state index contributed by atoms with van der Waals surface area (Å²) in [7, 11) is 0. The SMILES string of the molecule is C1=CC(c2ccc3c(c2)c2cc(-c4ccccc4)ccc2n3-c2ccccc2)C2C(=C1)Nc1cccc(-c3cc(-c4ccccc4)nc(-c4ccccc4)n3)c12. The van der Waals surface area contributed by atoms with Gasteiger partial charge in [-0.15, -0.1) is 0 Å². The van der Waals surface area contributed by atoms with E-state index in [0.717, 1.165) is 45.3 Å². The van der Waals surface area contributed by atoms with Crippen molar-refractivity contribution in [3.05, 3.63) is 217 Å². The lowest BCUT2D eigenvalue weighted by Gasteiger charge is -2.27. The predicted octanol–water partition coefficient (Wildman–Crippen LogP) is 13.0. The number of nitrogens with one attached hydrogen (secondary N) is 1. The van der Waals surface area contributed by atoms with Gasteiger partial charge in [0.1, 0.15) is 0 Å². The van der Waals surface area contributed by atoms with E-state index in [0.29, 0.717) is 0 Å². The third-order valence-electron chi connectivity index (χ3n) is 11.4. The Morgan fingerprint density at radius 2 is 1.14 bits per heavy atom. The summed E-state index contributed by atoms with van der Waals surface area (Å²) in [6.07, 6.45) is 6.83. The van der Waals surface area contributed by atoms with Gasteiger partial charge in [-0.25, -0.2) is 9.97 Å². The molecule has 2 unspecified atom stereocenters. The maximum Gasteiger partial charge on any atom is 0.160 e. The van der Waals surface area contributed by atoms with Gasteiger partial charge in [0.25, 0.3) is 0 Å². The van der Waals surface area contributed by atoms with Crippen molar-refractivity contribution in [1.29, 1.82) is 0 Å². The third-order valence-corrected chi connectivity index (χ3v) is 11.4. The molecule has 4 nitrogen and oxygen atoms in total. The number of aromatic nitrogens is 3. The van der Waals surface area contributed by atoms with Gasteiger partial charge in [-0.3, -0.25) is 0 Å². The summed E-state index contributed by atoms with van der Waals surface area (Å²) >= 11 is 0. The topological polar surface area (TPSA) is 42.7 Å². The average Bonchev–Trinajstić information content (AvgIpc) is 3.83. The fourth-order valence-electron chi connectivity index (χ4n) is 8.81. The molecule has 1 aliphatic heterocycles. The van der Waals surface area contributed by atoms with Crippen molar-refractivity contribution in [3.8, 4) is 50.7 Å². The largest absolute Gasteiger partial charge is 0.358 e. The summed E-state index contributed by atoms with van der Waals surface area (Å²) in [5.74, 6) is 0.906. The average molecular weight is 717 g/mol. The summed E-state index contributed by atoms with van der Waals surface area (Å²) in [5.41, 5.74) is 15.9. The molecule has 4 heteroatoms. The number of hydrogen-bond donors (Lipinski definition) is 1. The highest BCUT2D eigenvalue weighted by molar-refractivity contribution is 6.10. The fourth-order valence-corrected chi connectivity index (χ4v) is 8.81. The van der Waals surface area contributed by atoms with E-state index in [4.69, 9.17) is 9.97 Å². The van der Waals surface area contributed by atoms with Gasteiger partial charge in [0.2, 0.25) is 0 Å². The number of rotatable bonds is 6. The van der Waals surface area contributed by atoms with Crippen LogP contribution >= 0.6 is 0 Å². The second-order valence-electron chi connectivity index (χ2n) is 14.6. The molecule has 0 fully saturated rings. The zero-order chi connectivity index (χ0) is 37.0. The van der Waals surface area contributed by atoms with Gasteiger partial charge in [-0.05, 0) is 76.9 Å². The molecule has 9 aromatic rings. The Hall–Kier alpha value is -7.30. The van der Waals surface area contributed by atoms with Crippen LogP contribution in [0.2, 0.25) is 0 Å². The number of hydrogen-bond acceptors (Lipinski definition) is 3. The van der Waals surface area contributed by atoms with Crippen LogP contribution in [-0.2, 0) is 0 Å². The van der Waals surface area contributed by atoms with E-state index in [1.165, 1.54) is 49.8 Å². The van der Waals surface area contributed by atoms with E-state index in [9.17, 15) is 0 Å². The van der Waals surface area contributed by atoms with E-state index >= 15 is 0 Å². The third kappa shape index (κ3) is 5.38. The van der Waals surface area contributed by atoms with Crippen LogP contribution in [0.1, 0.15) is 23.0 Å². The minimum atomic E-state index is 0.0846. The molecular formula is C52H36N4. The first-order chi connectivity index (χ1) is 27.8. The number of allylic oxidation sites excluding steroid dienone is 4. The van der Waals surface area contributed by atoms with Gasteiger partial charge < -0.3 is 9.88 Å². The minimum absolute atomic E-state index is 0.0846. The van der Waals surface area contributed by atoms with Gasteiger partial charge in [0.05, 0.1) is 22.4 Å². The Bertz CT molecular complexity index is 2920.